The number of carbonyl (C=O) groups is 2. The van der Waals surface area contributed by atoms with Crippen LogP contribution in [0.2, 0.25) is 0 Å². The second-order valence-corrected chi connectivity index (χ2v) is 4.31. The Morgan fingerprint density at radius 2 is 2.05 bits per heavy atom. The van der Waals surface area contributed by atoms with Crippen LogP contribution in [-0.4, -0.2) is 16.4 Å². The summed E-state index contributed by atoms with van der Waals surface area (Å²) in [6.07, 6.45) is 0. The minimum atomic E-state index is -1.60. The number of carbonyl (C=O) groups excluding carboxylic acids is 2. The molecule has 98 valence electrons. The highest BCUT2D eigenvalue weighted by atomic mass is 127. The fourth-order valence-corrected chi connectivity index (χ4v) is 1.61. The van der Waals surface area contributed by atoms with Crippen LogP contribution in [-0.2, 0) is 4.79 Å². The van der Waals surface area contributed by atoms with Crippen molar-refractivity contribution in [3.63, 3.8) is 0 Å². The zero-order valence-corrected chi connectivity index (χ0v) is 11.5. The number of aromatic carboxylic acids is 1. The van der Waals surface area contributed by atoms with Gasteiger partial charge in [0.1, 0.15) is 11.3 Å². The molecule has 0 radical (unpaired) electrons. The van der Waals surface area contributed by atoms with Crippen LogP contribution in [0.3, 0.4) is 0 Å². The number of fused-ring (bicyclic) bond motifs is 1. The van der Waals surface area contributed by atoms with Gasteiger partial charge >= 0.3 is 11.6 Å². The van der Waals surface area contributed by atoms with Crippen molar-refractivity contribution in [1.82, 2.24) is 0 Å². The third kappa shape index (κ3) is 2.92. The van der Waals surface area contributed by atoms with Gasteiger partial charge in [0.25, 0.3) is 0 Å². The van der Waals surface area contributed by atoms with E-state index >= 15 is 0 Å². The number of esters is 1. The largest absolute Gasteiger partial charge is 0.545 e. The van der Waals surface area contributed by atoms with Crippen molar-refractivity contribution in [2.75, 3.05) is 4.43 Å². The number of hydrogen-bond acceptors (Lipinski definition) is 6. The highest BCUT2D eigenvalue weighted by Gasteiger charge is 2.08. The smallest absolute Gasteiger partial charge is 0.345 e. The molecular weight excluding hydrogens is 367 g/mol. The zero-order chi connectivity index (χ0) is 14.0. The first-order valence-corrected chi connectivity index (χ1v) is 6.59. The van der Waals surface area contributed by atoms with Gasteiger partial charge in [-0.1, -0.05) is 22.6 Å². The van der Waals surface area contributed by atoms with Crippen LogP contribution >= 0.6 is 22.6 Å². The van der Waals surface area contributed by atoms with E-state index in [9.17, 15) is 19.5 Å². The average Bonchev–Trinajstić information content (AvgIpc) is 2.37. The Labute approximate surface area is 120 Å². The lowest BCUT2D eigenvalue weighted by molar-refractivity contribution is -0.255. The van der Waals surface area contributed by atoms with Gasteiger partial charge in [-0.15, -0.1) is 0 Å². The van der Waals surface area contributed by atoms with Crippen LogP contribution in [0.5, 0.6) is 5.75 Å². The van der Waals surface area contributed by atoms with E-state index in [-0.39, 0.29) is 15.8 Å². The molecule has 1 aromatic heterocycles. The number of alkyl halides is 1. The number of hydrogen-bond donors (Lipinski definition) is 0. The molecule has 0 aliphatic heterocycles. The van der Waals surface area contributed by atoms with Gasteiger partial charge in [0.15, 0.2) is 0 Å². The molecule has 0 aliphatic rings. The lowest BCUT2D eigenvalue weighted by Crippen LogP contribution is -2.28. The molecule has 0 saturated heterocycles. The first-order valence-electron chi connectivity index (χ1n) is 5.07. The SMILES string of the molecule is O=C(CI)Oc1ccc2cc(C(=O)[O-])c(=O)oc2c1. The predicted molar refractivity (Wildman–Crippen MR) is 71.3 cm³/mol. The molecule has 0 fully saturated rings. The molecule has 0 aliphatic carbocycles. The third-order valence-electron chi connectivity index (χ3n) is 2.27. The van der Waals surface area contributed by atoms with Crippen molar-refractivity contribution < 1.29 is 23.8 Å². The van der Waals surface area contributed by atoms with Crippen LogP contribution in [0.1, 0.15) is 10.4 Å². The monoisotopic (exact) mass is 373 g/mol. The van der Waals surface area contributed by atoms with Gasteiger partial charge in [-0.2, -0.15) is 0 Å². The minimum Gasteiger partial charge on any atom is -0.545 e. The number of carboxylic acids is 1. The minimum absolute atomic E-state index is 0.133. The van der Waals surface area contributed by atoms with E-state index in [4.69, 9.17) is 9.15 Å². The average molecular weight is 373 g/mol. The third-order valence-corrected chi connectivity index (χ3v) is 2.89. The molecule has 0 N–H and O–H groups in total. The first-order chi connectivity index (χ1) is 9.01. The Balaban J connectivity index is 2.50. The summed E-state index contributed by atoms with van der Waals surface area (Å²) < 4.78 is 9.98. The number of ether oxygens (including phenoxy) is 1. The molecule has 19 heavy (non-hydrogen) atoms. The van der Waals surface area contributed by atoms with E-state index in [1.807, 2.05) is 22.6 Å². The summed E-state index contributed by atoms with van der Waals surface area (Å²) in [5.74, 6) is -1.82. The van der Waals surface area contributed by atoms with Gasteiger partial charge in [-0.25, -0.2) is 4.79 Å². The molecule has 6 nitrogen and oxygen atoms in total. The summed E-state index contributed by atoms with van der Waals surface area (Å²) in [6, 6.07) is 5.46. The molecule has 1 aromatic carbocycles. The van der Waals surface area contributed by atoms with Crippen LogP contribution < -0.4 is 15.5 Å². The quantitative estimate of drug-likeness (QED) is 0.256. The standard InChI is InChI=1S/C12H7IO6/c13-5-10(14)18-7-2-1-6-3-8(11(15)16)12(17)19-9(6)4-7/h1-4H,5H2,(H,15,16)/p-1. The van der Waals surface area contributed by atoms with Gasteiger partial charge in [-0.3, -0.25) is 4.79 Å². The highest BCUT2D eigenvalue weighted by Crippen LogP contribution is 2.20. The summed E-state index contributed by atoms with van der Waals surface area (Å²) in [7, 11) is 0. The number of carboxylic acid groups (broad SMARTS) is 1. The maximum atomic E-state index is 11.4. The van der Waals surface area contributed by atoms with Gasteiger partial charge < -0.3 is 19.1 Å². The van der Waals surface area contributed by atoms with Crippen molar-refractivity contribution in [3.05, 3.63) is 40.2 Å². The Morgan fingerprint density at radius 1 is 1.32 bits per heavy atom. The normalized spacial score (nSPS) is 10.4. The van der Waals surface area contributed by atoms with Crippen molar-refractivity contribution in [3.8, 4) is 5.75 Å². The van der Waals surface area contributed by atoms with Crippen LogP contribution in [0.15, 0.2) is 33.5 Å². The summed E-state index contributed by atoms with van der Waals surface area (Å²) in [5, 5.41) is 11.1. The highest BCUT2D eigenvalue weighted by molar-refractivity contribution is 14.1. The molecule has 7 heteroatoms. The van der Waals surface area contributed by atoms with Gasteiger partial charge in [0, 0.05) is 11.5 Å². The van der Waals surface area contributed by atoms with Gasteiger partial charge in [0.05, 0.1) is 16.0 Å². The second-order valence-electron chi connectivity index (χ2n) is 3.54. The molecule has 0 spiro atoms. The Bertz CT molecular complexity index is 718. The van der Waals surface area contributed by atoms with E-state index in [2.05, 4.69) is 0 Å². The maximum Gasteiger partial charge on any atom is 0.345 e. The van der Waals surface area contributed by atoms with Crippen LogP contribution in [0.4, 0.5) is 0 Å². The topological polar surface area (TPSA) is 96.6 Å². The predicted octanol–water partition coefficient (Wildman–Crippen LogP) is 0.497. The molecule has 0 atom stereocenters. The van der Waals surface area contributed by atoms with E-state index in [1.54, 1.807) is 0 Å². The number of benzene rings is 1. The number of rotatable bonds is 3. The van der Waals surface area contributed by atoms with Gasteiger partial charge in [-0.05, 0) is 18.2 Å². The molecule has 0 saturated carbocycles. The molecule has 2 aromatic rings. The molecule has 0 bridgehead atoms. The van der Waals surface area contributed by atoms with Crippen molar-refractivity contribution >= 4 is 45.5 Å². The Hall–Kier alpha value is -1.90. The lowest BCUT2D eigenvalue weighted by atomic mass is 10.2. The zero-order valence-electron chi connectivity index (χ0n) is 9.34. The van der Waals surface area contributed by atoms with E-state index in [0.717, 1.165) is 6.07 Å². The first kappa shape index (κ1) is 13.5. The Morgan fingerprint density at radius 3 is 2.68 bits per heavy atom. The summed E-state index contributed by atoms with van der Waals surface area (Å²) in [6.45, 7) is 0. The maximum absolute atomic E-state index is 11.4. The molecule has 0 amide bonds. The van der Waals surface area contributed by atoms with E-state index in [1.165, 1.54) is 18.2 Å². The van der Waals surface area contributed by atoms with Crippen molar-refractivity contribution in [1.29, 1.82) is 0 Å². The number of halogens is 1. The van der Waals surface area contributed by atoms with Crippen molar-refractivity contribution in [2.24, 2.45) is 0 Å². The van der Waals surface area contributed by atoms with Gasteiger partial charge in [0.2, 0.25) is 0 Å². The fraction of sp³-hybridized carbons (Fsp3) is 0.0833. The summed E-state index contributed by atoms with van der Waals surface area (Å²) in [5.41, 5.74) is -1.43. The molecule has 2 rings (SSSR count). The van der Waals surface area contributed by atoms with Crippen LogP contribution in [0, 0.1) is 0 Å². The second kappa shape index (κ2) is 5.39. The molecule has 1 heterocycles. The molecular formula is C12H6IO6-. The summed E-state index contributed by atoms with van der Waals surface area (Å²) >= 11 is 1.85. The Kier molecular flexibility index (Phi) is 3.84. The van der Waals surface area contributed by atoms with Crippen molar-refractivity contribution in [2.45, 2.75) is 0 Å². The van der Waals surface area contributed by atoms with E-state index in [0.29, 0.717) is 5.39 Å². The van der Waals surface area contributed by atoms with E-state index < -0.39 is 23.1 Å². The van der Waals surface area contributed by atoms with Crippen LogP contribution in [0.25, 0.3) is 11.0 Å². The summed E-state index contributed by atoms with van der Waals surface area (Å²) in [4.78, 5) is 33.2. The fourth-order valence-electron chi connectivity index (χ4n) is 1.46. The lowest BCUT2D eigenvalue weighted by Gasteiger charge is -2.05. The molecule has 0 unspecified atom stereocenters.